The summed E-state index contributed by atoms with van der Waals surface area (Å²) in [6.07, 6.45) is 1.93. The summed E-state index contributed by atoms with van der Waals surface area (Å²) in [5, 5.41) is 1.01. The quantitative estimate of drug-likeness (QED) is 0.689. The Morgan fingerprint density at radius 3 is 2.73 bits per heavy atom. The van der Waals surface area contributed by atoms with Crippen LogP contribution in [0.15, 0.2) is 42.5 Å². The fourth-order valence-corrected chi connectivity index (χ4v) is 4.55. The first kappa shape index (κ1) is 16.8. The van der Waals surface area contributed by atoms with Crippen LogP contribution >= 0.6 is 11.3 Å². The van der Waals surface area contributed by atoms with Gasteiger partial charge in [-0.25, -0.2) is 4.98 Å². The van der Waals surface area contributed by atoms with E-state index in [0.717, 1.165) is 34.6 Å². The van der Waals surface area contributed by atoms with Gasteiger partial charge in [0.2, 0.25) is 0 Å². The van der Waals surface area contributed by atoms with Crippen LogP contribution in [0.4, 0.5) is 0 Å². The van der Waals surface area contributed by atoms with Gasteiger partial charge in [-0.15, -0.1) is 11.3 Å². The van der Waals surface area contributed by atoms with Crippen LogP contribution in [0.3, 0.4) is 0 Å². The van der Waals surface area contributed by atoms with Gasteiger partial charge in [0.15, 0.2) is 11.5 Å². The number of fused-ring (bicyclic) bond motifs is 1. The molecule has 1 fully saturated rings. The third-order valence-electron chi connectivity index (χ3n) is 4.74. The molecule has 0 aliphatic carbocycles. The number of para-hydroxylation sites is 1. The second kappa shape index (κ2) is 6.96. The normalized spacial score (nSPS) is 16.8. The number of methoxy groups -OCH3 is 2. The molecule has 6 heteroatoms. The summed E-state index contributed by atoms with van der Waals surface area (Å²) in [5.74, 6) is 1.19. The van der Waals surface area contributed by atoms with E-state index in [1.54, 1.807) is 43.8 Å². The minimum atomic E-state index is 0.00714. The molecular weight excluding hydrogens is 348 g/mol. The smallest absolute Gasteiger partial charge is 0.254 e. The van der Waals surface area contributed by atoms with Crippen molar-refractivity contribution in [3.63, 3.8) is 0 Å². The van der Waals surface area contributed by atoms with Gasteiger partial charge in [-0.05, 0) is 43.2 Å². The predicted molar refractivity (Wildman–Crippen MR) is 102 cm³/mol. The number of thiazole rings is 1. The molecule has 134 valence electrons. The van der Waals surface area contributed by atoms with Crippen LogP contribution in [0.5, 0.6) is 11.5 Å². The Kier molecular flexibility index (Phi) is 4.51. The molecule has 1 atom stereocenters. The van der Waals surface area contributed by atoms with E-state index >= 15 is 0 Å². The summed E-state index contributed by atoms with van der Waals surface area (Å²) in [4.78, 5) is 19.8. The topological polar surface area (TPSA) is 51.7 Å². The molecule has 5 nitrogen and oxygen atoms in total. The summed E-state index contributed by atoms with van der Waals surface area (Å²) in [6, 6.07) is 13.4. The number of aromatic nitrogens is 1. The molecule has 4 rings (SSSR count). The zero-order chi connectivity index (χ0) is 18.1. The number of benzene rings is 2. The van der Waals surface area contributed by atoms with E-state index in [0.29, 0.717) is 17.1 Å². The molecule has 0 saturated carbocycles. The van der Waals surface area contributed by atoms with E-state index in [9.17, 15) is 4.79 Å². The molecule has 2 heterocycles. The van der Waals surface area contributed by atoms with Crippen molar-refractivity contribution in [1.82, 2.24) is 9.88 Å². The van der Waals surface area contributed by atoms with Crippen molar-refractivity contribution in [2.24, 2.45) is 0 Å². The van der Waals surface area contributed by atoms with Crippen LogP contribution in [0.2, 0.25) is 0 Å². The van der Waals surface area contributed by atoms with Crippen LogP contribution in [0.1, 0.15) is 34.2 Å². The summed E-state index contributed by atoms with van der Waals surface area (Å²) in [7, 11) is 3.16. The summed E-state index contributed by atoms with van der Waals surface area (Å²) < 4.78 is 11.8. The van der Waals surface area contributed by atoms with Crippen LogP contribution in [0.25, 0.3) is 10.2 Å². The lowest BCUT2D eigenvalue weighted by molar-refractivity contribution is 0.0735. The number of likely N-dealkylation sites (tertiary alicyclic amines) is 1. The van der Waals surface area contributed by atoms with Gasteiger partial charge in [0.05, 0.1) is 30.5 Å². The number of carbonyl (C=O) groups is 1. The first-order chi connectivity index (χ1) is 12.7. The van der Waals surface area contributed by atoms with Gasteiger partial charge in [0, 0.05) is 12.1 Å². The number of hydrogen-bond acceptors (Lipinski definition) is 5. The standard InChI is InChI=1S/C20H20N2O3S/c1-24-16-10-9-13(12-17(16)25-2)20(23)22-11-5-7-15(22)19-21-14-6-3-4-8-18(14)26-19/h3-4,6,8-10,12,15H,5,7,11H2,1-2H3. The highest BCUT2D eigenvalue weighted by Crippen LogP contribution is 2.38. The molecule has 1 unspecified atom stereocenters. The number of carbonyl (C=O) groups excluding carboxylic acids is 1. The van der Waals surface area contributed by atoms with Crippen molar-refractivity contribution in [2.45, 2.75) is 18.9 Å². The monoisotopic (exact) mass is 368 g/mol. The molecule has 1 amide bonds. The fraction of sp³-hybridized carbons (Fsp3) is 0.300. The van der Waals surface area contributed by atoms with Gasteiger partial charge in [0.1, 0.15) is 5.01 Å². The molecule has 0 N–H and O–H groups in total. The molecule has 0 bridgehead atoms. The summed E-state index contributed by atoms with van der Waals surface area (Å²) in [5.41, 5.74) is 1.61. The third kappa shape index (κ3) is 2.90. The Balaban J connectivity index is 1.64. The van der Waals surface area contributed by atoms with Crippen molar-refractivity contribution in [3.8, 4) is 11.5 Å². The average molecular weight is 368 g/mol. The highest BCUT2D eigenvalue weighted by Gasteiger charge is 2.33. The van der Waals surface area contributed by atoms with Gasteiger partial charge in [-0.3, -0.25) is 4.79 Å². The van der Waals surface area contributed by atoms with Crippen LogP contribution in [-0.2, 0) is 0 Å². The minimum Gasteiger partial charge on any atom is -0.493 e. The first-order valence-electron chi connectivity index (χ1n) is 8.59. The van der Waals surface area contributed by atoms with E-state index in [1.165, 1.54) is 0 Å². The lowest BCUT2D eigenvalue weighted by Gasteiger charge is -2.23. The molecule has 2 aromatic carbocycles. The SMILES string of the molecule is COc1ccc(C(=O)N2CCCC2c2nc3ccccc3s2)cc1OC. The van der Waals surface area contributed by atoms with Gasteiger partial charge < -0.3 is 14.4 Å². The minimum absolute atomic E-state index is 0.00714. The van der Waals surface area contributed by atoms with Crippen LogP contribution in [0, 0.1) is 0 Å². The van der Waals surface area contributed by atoms with E-state index in [1.807, 2.05) is 23.1 Å². The predicted octanol–water partition coefficient (Wildman–Crippen LogP) is 4.29. The Morgan fingerprint density at radius 2 is 1.96 bits per heavy atom. The molecule has 1 aliphatic rings. The molecular formula is C20H20N2O3S. The Morgan fingerprint density at radius 1 is 1.15 bits per heavy atom. The zero-order valence-corrected chi connectivity index (χ0v) is 15.6. The van der Waals surface area contributed by atoms with Crippen molar-refractivity contribution >= 4 is 27.5 Å². The van der Waals surface area contributed by atoms with E-state index in [4.69, 9.17) is 14.5 Å². The summed E-state index contributed by atoms with van der Waals surface area (Å²) in [6.45, 7) is 0.744. The maximum Gasteiger partial charge on any atom is 0.254 e. The van der Waals surface area contributed by atoms with Gasteiger partial charge in [0.25, 0.3) is 5.91 Å². The third-order valence-corrected chi connectivity index (χ3v) is 5.88. The molecule has 26 heavy (non-hydrogen) atoms. The van der Waals surface area contributed by atoms with Gasteiger partial charge in [-0.2, -0.15) is 0 Å². The Hall–Kier alpha value is -2.60. The van der Waals surface area contributed by atoms with Gasteiger partial charge in [-0.1, -0.05) is 12.1 Å². The highest BCUT2D eigenvalue weighted by molar-refractivity contribution is 7.18. The summed E-state index contributed by atoms with van der Waals surface area (Å²) >= 11 is 1.67. The van der Waals surface area contributed by atoms with Crippen molar-refractivity contribution < 1.29 is 14.3 Å². The lowest BCUT2D eigenvalue weighted by Crippen LogP contribution is -2.30. The fourth-order valence-electron chi connectivity index (χ4n) is 3.43. The van der Waals surface area contributed by atoms with Crippen molar-refractivity contribution in [3.05, 3.63) is 53.0 Å². The first-order valence-corrected chi connectivity index (χ1v) is 9.41. The Bertz CT molecular complexity index is 920. The highest BCUT2D eigenvalue weighted by atomic mass is 32.1. The maximum absolute atomic E-state index is 13.1. The van der Waals surface area contributed by atoms with Gasteiger partial charge >= 0.3 is 0 Å². The van der Waals surface area contributed by atoms with Crippen molar-refractivity contribution in [1.29, 1.82) is 0 Å². The average Bonchev–Trinajstić information content (AvgIpc) is 3.33. The number of rotatable bonds is 4. The number of amides is 1. The van der Waals surface area contributed by atoms with Crippen LogP contribution in [-0.4, -0.2) is 36.6 Å². The van der Waals surface area contributed by atoms with Crippen LogP contribution < -0.4 is 9.47 Å². The van der Waals surface area contributed by atoms with E-state index in [-0.39, 0.29) is 11.9 Å². The van der Waals surface area contributed by atoms with Crippen molar-refractivity contribution in [2.75, 3.05) is 20.8 Å². The molecule has 1 aromatic heterocycles. The molecule has 0 radical (unpaired) electrons. The molecule has 1 saturated heterocycles. The number of hydrogen-bond donors (Lipinski definition) is 0. The second-order valence-corrected chi connectivity index (χ2v) is 7.31. The Labute approximate surface area is 156 Å². The zero-order valence-electron chi connectivity index (χ0n) is 14.8. The second-order valence-electron chi connectivity index (χ2n) is 6.25. The molecule has 1 aliphatic heterocycles. The lowest BCUT2D eigenvalue weighted by atomic mass is 10.1. The molecule has 0 spiro atoms. The number of ether oxygens (including phenoxy) is 2. The largest absolute Gasteiger partial charge is 0.493 e. The maximum atomic E-state index is 13.1. The van der Waals surface area contributed by atoms with E-state index in [2.05, 4.69) is 6.07 Å². The number of nitrogens with zero attached hydrogens (tertiary/aromatic N) is 2. The van der Waals surface area contributed by atoms with E-state index < -0.39 is 0 Å². The molecule has 3 aromatic rings.